The topological polar surface area (TPSA) is 35.6 Å². The molecule has 0 fully saturated rings. The third-order valence-corrected chi connectivity index (χ3v) is 10.8. The normalized spacial score (nSPS) is 11.7. The van der Waals surface area contributed by atoms with E-state index < -0.39 is 0 Å². The molecular formula is C50H38N4. The van der Waals surface area contributed by atoms with Crippen LogP contribution in [0.1, 0.15) is 22.3 Å². The summed E-state index contributed by atoms with van der Waals surface area (Å²) in [5.41, 5.74) is 16.9. The average molecular weight is 695 g/mol. The maximum absolute atomic E-state index is 5.19. The molecule has 0 N–H and O–H groups in total. The first kappa shape index (κ1) is 31.9. The quantitative estimate of drug-likeness (QED) is 0.180. The minimum Gasteiger partial charge on any atom is -0.309 e. The zero-order valence-electron chi connectivity index (χ0n) is 30.8. The average Bonchev–Trinajstić information content (AvgIpc) is 3.70. The Hall–Kier alpha value is -6.78. The first-order valence-corrected chi connectivity index (χ1v) is 18.6. The van der Waals surface area contributed by atoms with Crippen LogP contribution in [0.2, 0.25) is 0 Å². The van der Waals surface area contributed by atoms with Crippen LogP contribution in [0.3, 0.4) is 0 Å². The molecule has 3 heterocycles. The summed E-state index contributed by atoms with van der Waals surface area (Å²) in [6.45, 7) is 8.69. The van der Waals surface area contributed by atoms with Gasteiger partial charge in [0.05, 0.1) is 39.1 Å². The first-order chi connectivity index (χ1) is 26.4. The lowest BCUT2D eigenvalue weighted by Crippen LogP contribution is -2.02. The van der Waals surface area contributed by atoms with E-state index in [1.165, 1.54) is 71.6 Å². The number of hydrogen-bond donors (Lipinski definition) is 0. The van der Waals surface area contributed by atoms with E-state index in [-0.39, 0.29) is 0 Å². The molecule has 0 unspecified atom stereocenters. The Bertz CT molecular complexity index is 2960. The highest BCUT2D eigenvalue weighted by Crippen LogP contribution is 2.39. The molecule has 3 aromatic heterocycles. The summed E-state index contributed by atoms with van der Waals surface area (Å²) in [7, 11) is 0. The molecule has 0 radical (unpaired) electrons. The van der Waals surface area contributed by atoms with Crippen LogP contribution in [0, 0.1) is 27.7 Å². The van der Waals surface area contributed by atoms with Crippen molar-refractivity contribution in [1.29, 1.82) is 0 Å². The van der Waals surface area contributed by atoms with Gasteiger partial charge in [-0.2, -0.15) is 0 Å². The second-order valence-corrected chi connectivity index (χ2v) is 14.6. The summed E-state index contributed by atoms with van der Waals surface area (Å²) < 4.78 is 4.85. The Kier molecular flexibility index (Phi) is 7.34. The minimum absolute atomic E-state index is 0.730. The van der Waals surface area contributed by atoms with Crippen molar-refractivity contribution in [2.24, 2.45) is 0 Å². The Labute approximate surface area is 314 Å². The monoisotopic (exact) mass is 694 g/mol. The maximum Gasteiger partial charge on any atom is 0.160 e. The van der Waals surface area contributed by atoms with Gasteiger partial charge in [-0.15, -0.1) is 0 Å². The molecule has 7 aromatic carbocycles. The lowest BCUT2D eigenvalue weighted by Gasteiger charge is -2.17. The number of fused-ring (bicyclic) bond motifs is 6. The van der Waals surface area contributed by atoms with Crippen molar-refractivity contribution >= 4 is 43.6 Å². The van der Waals surface area contributed by atoms with Gasteiger partial charge in [-0.05, 0) is 106 Å². The number of hydrogen-bond acceptors (Lipinski definition) is 2. The van der Waals surface area contributed by atoms with Gasteiger partial charge >= 0.3 is 0 Å². The van der Waals surface area contributed by atoms with Crippen LogP contribution in [-0.4, -0.2) is 19.1 Å². The fourth-order valence-electron chi connectivity index (χ4n) is 8.46. The van der Waals surface area contributed by atoms with Crippen LogP contribution in [0.25, 0.3) is 88.9 Å². The largest absolute Gasteiger partial charge is 0.309 e. The van der Waals surface area contributed by atoms with E-state index >= 15 is 0 Å². The molecule has 4 heteroatoms. The van der Waals surface area contributed by atoms with Gasteiger partial charge in [0.25, 0.3) is 0 Å². The van der Waals surface area contributed by atoms with E-state index in [2.05, 4.69) is 195 Å². The minimum atomic E-state index is 0.730. The van der Waals surface area contributed by atoms with E-state index in [1.807, 2.05) is 0 Å². The van der Waals surface area contributed by atoms with Crippen LogP contribution in [-0.2, 0) is 0 Å². The molecule has 10 rings (SSSR count). The van der Waals surface area contributed by atoms with Gasteiger partial charge in [0.1, 0.15) is 0 Å². The lowest BCUT2D eigenvalue weighted by molar-refractivity contribution is 1.11. The first-order valence-electron chi connectivity index (χ1n) is 18.6. The van der Waals surface area contributed by atoms with E-state index in [4.69, 9.17) is 9.97 Å². The Morgan fingerprint density at radius 1 is 0.370 bits per heavy atom. The van der Waals surface area contributed by atoms with E-state index in [1.54, 1.807) is 0 Å². The Balaban J connectivity index is 1.15. The number of nitrogens with zero attached hydrogens (tertiary/aromatic N) is 4. The van der Waals surface area contributed by atoms with Crippen molar-refractivity contribution in [2.45, 2.75) is 27.7 Å². The molecule has 0 aliphatic heterocycles. The van der Waals surface area contributed by atoms with Gasteiger partial charge in [0.15, 0.2) is 5.82 Å². The number of aromatic nitrogens is 4. The molecule has 258 valence electrons. The molecular weight excluding hydrogens is 657 g/mol. The van der Waals surface area contributed by atoms with E-state index in [0.717, 1.165) is 39.6 Å². The van der Waals surface area contributed by atoms with Crippen molar-refractivity contribution in [3.05, 3.63) is 180 Å². The van der Waals surface area contributed by atoms with Crippen LogP contribution in [0.4, 0.5) is 0 Å². The predicted molar refractivity (Wildman–Crippen MR) is 226 cm³/mol. The number of benzene rings is 7. The SMILES string of the molecule is Cc1cccc(-c2cc(-c3cc(C)c(-n4c5ccccc5c5cc(-n6c7ccccc7c7ccccc76)ccc54)c(C)c3)nc(-c3cccc(C)c3)n2)c1. The number of para-hydroxylation sites is 3. The van der Waals surface area contributed by atoms with Crippen molar-refractivity contribution in [2.75, 3.05) is 0 Å². The highest BCUT2D eigenvalue weighted by atomic mass is 15.0. The molecule has 0 spiro atoms. The summed E-state index contributed by atoms with van der Waals surface area (Å²) in [5, 5.41) is 5.00. The third-order valence-electron chi connectivity index (χ3n) is 10.8. The second kappa shape index (κ2) is 12.4. The molecule has 0 atom stereocenters. The molecule has 0 bridgehead atoms. The Morgan fingerprint density at radius 2 is 0.870 bits per heavy atom. The second-order valence-electron chi connectivity index (χ2n) is 14.6. The lowest BCUT2D eigenvalue weighted by atomic mass is 9.99. The number of rotatable bonds is 5. The van der Waals surface area contributed by atoms with Crippen molar-refractivity contribution in [3.8, 4) is 45.3 Å². The maximum atomic E-state index is 5.19. The third kappa shape index (κ3) is 5.14. The zero-order chi connectivity index (χ0) is 36.5. The summed E-state index contributed by atoms with van der Waals surface area (Å²) in [6, 6.07) is 56.9. The van der Waals surface area contributed by atoms with Gasteiger partial charge < -0.3 is 9.13 Å². The van der Waals surface area contributed by atoms with Crippen LogP contribution in [0.15, 0.2) is 158 Å². The fraction of sp³-hybridized carbons (Fsp3) is 0.0800. The molecule has 4 nitrogen and oxygen atoms in total. The van der Waals surface area contributed by atoms with Gasteiger partial charge in [-0.1, -0.05) is 102 Å². The van der Waals surface area contributed by atoms with Gasteiger partial charge in [-0.25, -0.2) is 9.97 Å². The van der Waals surface area contributed by atoms with E-state index in [0.29, 0.717) is 0 Å². The molecule has 0 aliphatic carbocycles. The summed E-state index contributed by atoms with van der Waals surface area (Å²) in [5.74, 6) is 0.730. The standard InChI is InChI=1S/C50H38N4/c1-31-13-11-15-35(25-31)43-30-44(52-50(51-43)36-16-12-14-32(2)26-36)37-27-33(3)49(34(4)28-37)54-47-22-10-7-19-41(47)42-29-38(23-24-48(42)54)53-45-20-8-5-17-39(45)40-18-6-9-21-46(40)53/h5-30H,1-4H3. The summed E-state index contributed by atoms with van der Waals surface area (Å²) in [4.78, 5) is 10.3. The smallest absolute Gasteiger partial charge is 0.160 e. The van der Waals surface area contributed by atoms with E-state index in [9.17, 15) is 0 Å². The van der Waals surface area contributed by atoms with Gasteiger partial charge in [0.2, 0.25) is 0 Å². The molecule has 10 aromatic rings. The van der Waals surface area contributed by atoms with Crippen molar-refractivity contribution in [3.63, 3.8) is 0 Å². The van der Waals surface area contributed by atoms with Crippen molar-refractivity contribution in [1.82, 2.24) is 19.1 Å². The zero-order valence-corrected chi connectivity index (χ0v) is 30.8. The molecule has 0 amide bonds. The fourth-order valence-corrected chi connectivity index (χ4v) is 8.46. The van der Waals surface area contributed by atoms with Gasteiger partial charge in [-0.3, -0.25) is 0 Å². The van der Waals surface area contributed by atoms with Crippen molar-refractivity contribution < 1.29 is 0 Å². The Morgan fingerprint density at radius 3 is 1.48 bits per heavy atom. The summed E-state index contributed by atoms with van der Waals surface area (Å²) in [6.07, 6.45) is 0. The highest BCUT2D eigenvalue weighted by Gasteiger charge is 2.20. The predicted octanol–water partition coefficient (Wildman–Crippen LogP) is 12.9. The molecule has 0 aliphatic rings. The molecule has 0 saturated carbocycles. The van der Waals surface area contributed by atoms with Crippen LogP contribution < -0.4 is 0 Å². The van der Waals surface area contributed by atoms with Crippen LogP contribution in [0.5, 0.6) is 0 Å². The highest BCUT2D eigenvalue weighted by molar-refractivity contribution is 6.12. The van der Waals surface area contributed by atoms with Gasteiger partial charge in [0, 0.05) is 43.9 Å². The summed E-state index contributed by atoms with van der Waals surface area (Å²) >= 11 is 0. The number of aryl methyl sites for hydroxylation is 4. The molecule has 0 saturated heterocycles. The van der Waals surface area contributed by atoms with Crippen LogP contribution >= 0.6 is 0 Å². The molecule has 54 heavy (non-hydrogen) atoms.